The van der Waals surface area contributed by atoms with Crippen LogP contribution in [0.15, 0.2) is 104 Å². The summed E-state index contributed by atoms with van der Waals surface area (Å²) in [4.78, 5) is 36.0. The van der Waals surface area contributed by atoms with Gasteiger partial charge in [-0.25, -0.2) is 15.0 Å². The predicted octanol–water partition coefficient (Wildman–Crippen LogP) is 6.07. The Hall–Kier alpha value is -5.02. The third-order valence-corrected chi connectivity index (χ3v) is 6.80. The second kappa shape index (κ2) is 10.5. The normalized spacial score (nSPS) is 10.8. The first-order valence-corrected chi connectivity index (χ1v) is 12.7. The Morgan fingerprint density at radius 3 is 2.53 bits per heavy atom. The minimum atomic E-state index is -0.347. The molecule has 2 N–H and O–H groups in total. The van der Waals surface area contributed by atoms with Crippen LogP contribution in [0, 0.1) is 0 Å². The lowest BCUT2D eigenvalue weighted by Gasteiger charge is -2.12. The fraction of sp³-hybridized carbons (Fsp3) is 0.0345. The van der Waals surface area contributed by atoms with Gasteiger partial charge < -0.3 is 10.6 Å². The van der Waals surface area contributed by atoms with Crippen molar-refractivity contribution in [3.63, 3.8) is 0 Å². The zero-order valence-corrected chi connectivity index (χ0v) is 20.9. The summed E-state index contributed by atoms with van der Waals surface area (Å²) in [5.41, 5.74) is 4.25. The number of anilines is 2. The third kappa shape index (κ3) is 5.09. The molecule has 0 atom stereocenters. The summed E-state index contributed by atoms with van der Waals surface area (Å²) in [7, 11) is 0. The first-order valence-electron chi connectivity index (χ1n) is 11.9. The van der Waals surface area contributed by atoms with E-state index in [0.717, 1.165) is 32.0 Å². The number of nitrogens with one attached hydrogen (secondary N) is 2. The number of hydrogen-bond donors (Lipinski definition) is 2. The van der Waals surface area contributed by atoms with Gasteiger partial charge in [-0.05, 0) is 30.3 Å². The molecule has 0 aliphatic heterocycles. The Labute approximate surface area is 222 Å². The minimum Gasteiger partial charge on any atom is -0.364 e. The fourth-order valence-corrected chi connectivity index (χ4v) is 4.89. The number of rotatable bonds is 7. The van der Waals surface area contributed by atoms with Gasteiger partial charge in [0, 0.05) is 35.8 Å². The molecule has 6 aromatic rings. The van der Waals surface area contributed by atoms with Crippen LogP contribution in [-0.4, -0.2) is 30.8 Å². The largest absolute Gasteiger partial charge is 0.364 e. The van der Waals surface area contributed by atoms with Gasteiger partial charge in [0.1, 0.15) is 16.5 Å². The predicted molar refractivity (Wildman–Crippen MR) is 150 cm³/mol. The number of pyridine rings is 2. The highest BCUT2D eigenvalue weighted by molar-refractivity contribution is 7.21. The second-order valence-corrected chi connectivity index (χ2v) is 9.40. The maximum atomic E-state index is 13.5. The number of aromatic nitrogens is 5. The quantitative estimate of drug-likeness (QED) is 0.266. The number of benzene rings is 2. The van der Waals surface area contributed by atoms with Crippen LogP contribution < -0.4 is 10.6 Å². The molecule has 4 heterocycles. The molecular weight excluding hydrogens is 494 g/mol. The van der Waals surface area contributed by atoms with E-state index in [0.29, 0.717) is 23.9 Å². The lowest BCUT2D eigenvalue weighted by Crippen LogP contribution is -2.16. The molecule has 6 rings (SSSR count). The molecule has 0 fully saturated rings. The van der Waals surface area contributed by atoms with Crippen LogP contribution in [0.25, 0.3) is 32.2 Å². The van der Waals surface area contributed by atoms with E-state index in [9.17, 15) is 4.79 Å². The highest BCUT2D eigenvalue weighted by atomic mass is 32.1. The van der Waals surface area contributed by atoms with Crippen LogP contribution in [0.3, 0.4) is 0 Å². The molecule has 0 radical (unpaired) electrons. The molecule has 8 nitrogen and oxygen atoms in total. The van der Waals surface area contributed by atoms with Crippen molar-refractivity contribution in [1.82, 2.24) is 24.9 Å². The molecule has 0 bridgehead atoms. The van der Waals surface area contributed by atoms with E-state index in [-0.39, 0.29) is 11.6 Å². The summed E-state index contributed by atoms with van der Waals surface area (Å²) >= 11 is 1.53. The Kier molecular flexibility index (Phi) is 6.48. The number of amides is 1. The number of hydrogen-bond acceptors (Lipinski definition) is 8. The molecule has 184 valence electrons. The standard InChI is InChI=1S/C29H21N7OS/c37-28(34-22-12-5-4-11-21(22)29-35-23-13-15-30-18-25(23)38-29)24-16-26(32-17-20-10-6-7-14-31-20)36-27(33-24)19-8-2-1-3-9-19/h1-16,18H,17H2,(H,34,37)(H,32,33,36). The number of thiazole rings is 1. The summed E-state index contributed by atoms with van der Waals surface area (Å²) in [6, 6.07) is 26.4. The zero-order chi connectivity index (χ0) is 25.7. The molecule has 38 heavy (non-hydrogen) atoms. The van der Waals surface area contributed by atoms with Crippen LogP contribution in [0.5, 0.6) is 0 Å². The van der Waals surface area contributed by atoms with Gasteiger partial charge in [0.25, 0.3) is 5.91 Å². The van der Waals surface area contributed by atoms with Crippen molar-refractivity contribution in [2.75, 3.05) is 10.6 Å². The Morgan fingerprint density at radius 2 is 1.68 bits per heavy atom. The maximum Gasteiger partial charge on any atom is 0.274 e. The van der Waals surface area contributed by atoms with Gasteiger partial charge in [-0.2, -0.15) is 0 Å². The summed E-state index contributed by atoms with van der Waals surface area (Å²) in [6.07, 6.45) is 5.26. The molecule has 4 aromatic heterocycles. The smallest absolute Gasteiger partial charge is 0.274 e. The maximum absolute atomic E-state index is 13.5. The first-order chi connectivity index (χ1) is 18.7. The summed E-state index contributed by atoms with van der Waals surface area (Å²) < 4.78 is 0.982. The van der Waals surface area contributed by atoms with Gasteiger partial charge in [0.05, 0.1) is 28.1 Å². The molecule has 0 saturated carbocycles. The number of carbonyl (C=O) groups is 1. The zero-order valence-electron chi connectivity index (χ0n) is 20.1. The second-order valence-electron chi connectivity index (χ2n) is 8.36. The van der Waals surface area contributed by atoms with Crippen molar-refractivity contribution in [2.24, 2.45) is 0 Å². The number of carbonyl (C=O) groups excluding carboxylic acids is 1. The summed E-state index contributed by atoms with van der Waals surface area (Å²) in [5.74, 6) is 0.635. The highest BCUT2D eigenvalue weighted by Crippen LogP contribution is 2.34. The van der Waals surface area contributed by atoms with Crippen LogP contribution in [0.2, 0.25) is 0 Å². The van der Waals surface area contributed by atoms with Crippen molar-refractivity contribution >= 4 is 39.0 Å². The van der Waals surface area contributed by atoms with Gasteiger partial charge in [0.15, 0.2) is 5.82 Å². The molecule has 0 aliphatic carbocycles. The van der Waals surface area contributed by atoms with Gasteiger partial charge in [-0.3, -0.25) is 14.8 Å². The molecular formula is C29H21N7OS. The molecule has 0 unspecified atom stereocenters. The Balaban J connectivity index is 1.32. The average Bonchev–Trinajstić information content (AvgIpc) is 3.41. The third-order valence-electron chi connectivity index (χ3n) is 5.76. The van der Waals surface area contributed by atoms with E-state index in [1.165, 1.54) is 11.3 Å². The van der Waals surface area contributed by atoms with E-state index in [1.807, 2.05) is 78.9 Å². The van der Waals surface area contributed by atoms with Crippen LogP contribution >= 0.6 is 11.3 Å². The van der Waals surface area contributed by atoms with Gasteiger partial charge in [0.2, 0.25) is 0 Å². The van der Waals surface area contributed by atoms with E-state index in [1.54, 1.807) is 24.7 Å². The number of para-hydroxylation sites is 1. The average molecular weight is 516 g/mol. The summed E-state index contributed by atoms with van der Waals surface area (Å²) in [6.45, 7) is 0.461. The van der Waals surface area contributed by atoms with Crippen molar-refractivity contribution in [3.8, 4) is 22.0 Å². The minimum absolute atomic E-state index is 0.241. The number of nitrogens with zero attached hydrogens (tertiary/aromatic N) is 5. The first kappa shape index (κ1) is 23.4. The van der Waals surface area contributed by atoms with E-state index in [2.05, 4.69) is 30.6 Å². The van der Waals surface area contributed by atoms with Crippen molar-refractivity contribution in [2.45, 2.75) is 6.54 Å². The van der Waals surface area contributed by atoms with Crippen molar-refractivity contribution in [1.29, 1.82) is 0 Å². The summed E-state index contributed by atoms with van der Waals surface area (Å²) in [5, 5.41) is 7.11. The topological polar surface area (TPSA) is 106 Å². The van der Waals surface area contributed by atoms with Crippen LogP contribution in [0.1, 0.15) is 16.2 Å². The van der Waals surface area contributed by atoms with Crippen LogP contribution in [0.4, 0.5) is 11.5 Å². The molecule has 0 aliphatic rings. The Bertz CT molecular complexity index is 1690. The Morgan fingerprint density at radius 1 is 0.842 bits per heavy atom. The van der Waals surface area contributed by atoms with E-state index in [4.69, 9.17) is 4.98 Å². The van der Waals surface area contributed by atoms with Crippen LogP contribution in [-0.2, 0) is 6.54 Å². The fourth-order valence-electron chi connectivity index (χ4n) is 3.91. The van der Waals surface area contributed by atoms with Crippen molar-refractivity contribution < 1.29 is 4.79 Å². The molecule has 2 aromatic carbocycles. The lowest BCUT2D eigenvalue weighted by molar-refractivity contribution is 0.102. The number of fused-ring (bicyclic) bond motifs is 1. The van der Waals surface area contributed by atoms with Crippen molar-refractivity contribution in [3.05, 3.63) is 115 Å². The van der Waals surface area contributed by atoms with Gasteiger partial charge in [-0.15, -0.1) is 11.3 Å². The SMILES string of the molecule is O=C(Nc1ccccc1-c1nc2ccncc2s1)c1cc(NCc2ccccn2)nc(-c2ccccc2)n1. The van der Waals surface area contributed by atoms with Gasteiger partial charge >= 0.3 is 0 Å². The molecule has 1 amide bonds. The van der Waals surface area contributed by atoms with E-state index >= 15 is 0 Å². The molecule has 0 saturated heterocycles. The monoisotopic (exact) mass is 515 g/mol. The van der Waals surface area contributed by atoms with E-state index < -0.39 is 0 Å². The highest BCUT2D eigenvalue weighted by Gasteiger charge is 2.17. The lowest BCUT2D eigenvalue weighted by atomic mass is 10.1. The molecule has 9 heteroatoms. The molecule has 0 spiro atoms. The van der Waals surface area contributed by atoms with Gasteiger partial charge in [-0.1, -0.05) is 48.5 Å².